The van der Waals surface area contributed by atoms with Crippen LogP contribution in [0.3, 0.4) is 0 Å². The largest absolute Gasteiger partial charge is 0.480 e. The first-order chi connectivity index (χ1) is 17.3. The van der Waals surface area contributed by atoms with E-state index in [0.29, 0.717) is 6.42 Å². The molecule has 0 spiro atoms. The van der Waals surface area contributed by atoms with E-state index >= 15 is 0 Å². The fraction of sp³-hybridized carbons (Fsp3) is 0.385. The Kier molecular flexibility index (Phi) is 8.48. The predicted molar refractivity (Wildman–Crippen MR) is 139 cm³/mol. The Morgan fingerprint density at radius 1 is 1.06 bits per heavy atom. The Morgan fingerprint density at radius 3 is 2.39 bits per heavy atom. The lowest BCUT2D eigenvalue weighted by Crippen LogP contribution is -2.42. The smallest absolute Gasteiger partial charge is 0.326 e. The lowest BCUT2D eigenvalue weighted by atomic mass is 9.95. The molecule has 3 atom stereocenters. The molecular formula is C26H28Cl2N4O4. The van der Waals surface area contributed by atoms with Gasteiger partial charge in [0.2, 0.25) is 0 Å². The standard InChI is InChI=1S/C26H28Cl2N4O4/c27-19-2-1-3-20(28)23(19)24(34)32-21(25(35)36)12-15-4-6-16(7-5-15)13-22(33)17-8-9-18(14-17)31-26-29-10-11-30-26/h1-7,17-18,21H,8-14H2,(H,32,34)(H,35,36)(H2,29,30,31)/t17-,18-,21+/m1/s1. The maximum absolute atomic E-state index is 12.8. The van der Waals surface area contributed by atoms with Gasteiger partial charge in [-0.05, 0) is 42.5 Å². The third kappa shape index (κ3) is 6.56. The molecule has 2 aromatic carbocycles. The predicted octanol–water partition coefficient (Wildman–Crippen LogP) is 3.25. The molecule has 1 fully saturated rings. The summed E-state index contributed by atoms with van der Waals surface area (Å²) in [4.78, 5) is 41.6. The Morgan fingerprint density at radius 2 is 1.75 bits per heavy atom. The summed E-state index contributed by atoms with van der Waals surface area (Å²) in [6, 6.07) is 11.0. The van der Waals surface area contributed by atoms with Crippen molar-refractivity contribution in [2.75, 3.05) is 13.1 Å². The van der Waals surface area contributed by atoms with Crippen LogP contribution in [0.1, 0.15) is 40.7 Å². The van der Waals surface area contributed by atoms with Crippen molar-refractivity contribution < 1.29 is 19.5 Å². The van der Waals surface area contributed by atoms with E-state index < -0.39 is 17.9 Å². The van der Waals surface area contributed by atoms with Gasteiger partial charge in [-0.2, -0.15) is 0 Å². The Balaban J connectivity index is 1.31. The van der Waals surface area contributed by atoms with Gasteiger partial charge >= 0.3 is 5.97 Å². The van der Waals surface area contributed by atoms with Crippen molar-refractivity contribution in [1.82, 2.24) is 16.0 Å². The summed E-state index contributed by atoms with van der Waals surface area (Å²) in [5.74, 6) is -0.767. The maximum Gasteiger partial charge on any atom is 0.326 e. The summed E-state index contributed by atoms with van der Waals surface area (Å²) in [5, 5.41) is 19.0. The number of carboxylic acid groups (broad SMARTS) is 1. The van der Waals surface area contributed by atoms with Gasteiger partial charge in [-0.25, -0.2) is 4.79 Å². The highest BCUT2D eigenvalue weighted by atomic mass is 35.5. The molecule has 4 rings (SSSR count). The van der Waals surface area contributed by atoms with Gasteiger partial charge < -0.3 is 21.1 Å². The van der Waals surface area contributed by atoms with Crippen molar-refractivity contribution in [2.45, 2.75) is 44.2 Å². The molecule has 0 bridgehead atoms. The molecule has 0 radical (unpaired) electrons. The second-order valence-electron chi connectivity index (χ2n) is 9.13. The number of hydrogen-bond donors (Lipinski definition) is 4. The molecule has 1 aliphatic heterocycles. The Labute approximate surface area is 219 Å². The number of halogens is 2. The van der Waals surface area contributed by atoms with E-state index in [1.165, 1.54) is 12.1 Å². The number of benzene rings is 2. The summed E-state index contributed by atoms with van der Waals surface area (Å²) < 4.78 is 0. The minimum absolute atomic E-state index is 0.0208. The highest BCUT2D eigenvalue weighted by Gasteiger charge is 2.30. The van der Waals surface area contributed by atoms with Crippen LogP contribution in [0.4, 0.5) is 0 Å². The highest BCUT2D eigenvalue weighted by molar-refractivity contribution is 6.39. The first-order valence-corrected chi connectivity index (χ1v) is 12.7. The van der Waals surface area contributed by atoms with E-state index in [-0.39, 0.29) is 39.8 Å². The average Bonchev–Trinajstić information content (AvgIpc) is 3.52. The number of carbonyl (C=O) groups is 3. The van der Waals surface area contributed by atoms with Gasteiger partial charge in [0, 0.05) is 31.3 Å². The molecule has 1 aliphatic carbocycles. The maximum atomic E-state index is 12.8. The van der Waals surface area contributed by atoms with E-state index in [1.807, 2.05) is 12.1 Å². The van der Waals surface area contributed by atoms with Crippen molar-refractivity contribution in [1.29, 1.82) is 0 Å². The molecule has 2 aliphatic rings. The number of rotatable bonds is 9. The Hall–Kier alpha value is -3.10. The number of ketones is 1. The van der Waals surface area contributed by atoms with Crippen LogP contribution in [-0.4, -0.2) is 53.9 Å². The van der Waals surface area contributed by atoms with Gasteiger partial charge in [0.05, 0.1) is 22.2 Å². The molecule has 8 nitrogen and oxygen atoms in total. The molecule has 36 heavy (non-hydrogen) atoms. The number of carboxylic acids is 1. The van der Waals surface area contributed by atoms with Crippen molar-refractivity contribution in [2.24, 2.45) is 10.9 Å². The van der Waals surface area contributed by atoms with Crippen molar-refractivity contribution >= 4 is 46.8 Å². The van der Waals surface area contributed by atoms with Gasteiger partial charge in [0.1, 0.15) is 11.8 Å². The number of carbonyl (C=O) groups excluding carboxylic acids is 2. The minimum Gasteiger partial charge on any atom is -0.480 e. The topological polar surface area (TPSA) is 120 Å². The first kappa shape index (κ1) is 26.0. The zero-order valence-electron chi connectivity index (χ0n) is 19.6. The van der Waals surface area contributed by atoms with Gasteiger partial charge in [0.25, 0.3) is 5.91 Å². The summed E-state index contributed by atoms with van der Waals surface area (Å²) in [5.41, 5.74) is 1.64. The monoisotopic (exact) mass is 530 g/mol. The van der Waals surface area contributed by atoms with Crippen molar-refractivity contribution in [3.63, 3.8) is 0 Å². The number of hydrogen-bond acceptors (Lipinski definition) is 6. The molecule has 0 saturated heterocycles. The number of aliphatic carboxylic acids is 1. The van der Waals surface area contributed by atoms with Crippen LogP contribution >= 0.6 is 23.2 Å². The molecule has 190 valence electrons. The van der Waals surface area contributed by atoms with E-state index in [4.69, 9.17) is 23.2 Å². The third-order valence-electron chi connectivity index (χ3n) is 6.54. The molecule has 1 heterocycles. The second-order valence-corrected chi connectivity index (χ2v) is 9.95. The summed E-state index contributed by atoms with van der Waals surface area (Å²) in [6.45, 7) is 1.63. The zero-order chi connectivity index (χ0) is 25.7. The molecule has 2 aromatic rings. The summed E-state index contributed by atoms with van der Waals surface area (Å²) >= 11 is 12.1. The molecule has 4 N–H and O–H groups in total. The lowest BCUT2D eigenvalue weighted by Gasteiger charge is -2.16. The van der Waals surface area contributed by atoms with Crippen LogP contribution in [0.15, 0.2) is 47.5 Å². The van der Waals surface area contributed by atoms with Gasteiger partial charge in [-0.15, -0.1) is 0 Å². The van der Waals surface area contributed by atoms with Crippen LogP contribution in [-0.2, 0) is 22.4 Å². The van der Waals surface area contributed by atoms with Crippen molar-refractivity contribution in [3.05, 3.63) is 69.2 Å². The Bertz CT molecular complexity index is 1150. The highest BCUT2D eigenvalue weighted by Crippen LogP contribution is 2.28. The van der Waals surface area contributed by atoms with Crippen molar-refractivity contribution in [3.8, 4) is 0 Å². The van der Waals surface area contributed by atoms with Gasteiger partial charge in [0.15, 0.2) is 5.96 Å². The number of nitrogens with one attached hydrogen (secondary N) is 3. The fourth-order valence-electron chi connectivity index (χ4n) is 4.61. The molecule has 1 amide bonds. The SMILES string of the molecule is O=C(N[C@@H](Cc1ccc(CC(=O)[C@@H]2CC[C@@H](NC3=NCCN3)C2)cc1)C(=O)O)c1c(Cl)cccc1Cl. The molecule has 1 saturated carbocycles. The number of Topliss-reactive ketones (excluding diaryl/α,β-unsaturated/α-hetero) is 1. The van der Waals surface area contributed by atoms with Crippen LogP contribution < -0.4 is 16.0 Å². The number of aliphatic imine (C=N–C) groups is 1. The van der Waals surface area contributed by atoms with Crippen LogP contribution in [0, 0.1) is 5.92 Å². The number of guanidine groups is 1. The summed E-state index contributed by atoms with van der Waals surface area (Å²) in [7, 11) is 0. The third-order valence-corrected chi connectivity index (χ3v) is 7.17. The fourth-order valence-corrected chi connectivity index (χ4v) is 5.18. The van der Waals surface area contributed by atoms with Crippen LogP contribution in [0.2, 0.25) is 10.0 Å². The quantitative estimate of drug-likeness (QED) is 0.395. The number of amides is 1. The summed E-state index contributed by atoms with van der Waals surface area (Å²) in [6.07, 6.45) is 3.01. The second kappa shape index (κ2) is 11.8. The first-order valence-electron chi connectivity index (χ1n) is 11.9. The number of nitrogens with zero attached hydrogens (tertiary/aromatic N) is 1. The van der Waals surface area contributed by atoms with E-state index in [0.717, 1.165) is 49.4 Å². The molecule has 0 aromatic heterocycles. The molecular weight excluding hydrogens is 503 g/mol. The van der Waals surface area contributed by atoms with Gasteiger partial charge in [-0.3, -0.25) is 14.6 Å². The minimum atomic E-state index is -1.17. The zero-order valence-corrected chi connectivity index (χ0v) is 21.1. The molecule has 0 unspecified atom stereocenters. The van der Waals surface area contributed by atoms with E-state index in [2.05, 4.69) is 20.9 Å². The van der Waals surface area contributed by atoms with Crippen LogP contribution in [0.5, 0.6) is 0 Å². The van der Waals surface area contributed by atoms with Crippen LogP contribution in [0.25, 0.3) is 0 Å². The normalized spacial score (nSPS) is 19.8. The average molecular weight is 531 g/mol. The van der Waals surface area contributed by atoms with E-state index in [9.17, 15) is 19.5 Å². The lowest BCUT2D eigenvalue weighted by molar-refractivity contribution is -0.139. The molecule has 10 heteroatoms. The van der Waals surface area contributed by atoms with Gasteiger partial charge in [-0.1, -0.05) is 53.5 Å². The van der Waals surface area contributed by atoms with E-state index in [1.54, 1.807) is 18.2 Å².